The van der Waals surface area contributed by atoms with E-state index in [1.807, 2.05) is 12.1 Å². The number of anilines is 3. The predicted octanol–water partition coefficient (Wildman–Crippen LogP) is 5.40. The first-order chi connectivity index (χ1) is 10.9. The van der Waals surface area contributed by atoms with Gasteiger partial charge in [-0.3, -0.25) is 0 Å². The second-order valence-electron chi connectivity index (χ2n) is 6.49. The molecule has 0 aliphatic carbocycles. The van der Waals surface area contributed by atoms with E-state index in [0.29, 0.717) is 5.69 Å². The molecule has 1 heterocycles. The zero-order valence-corrected chi connectivity index (χ0v) is 14.7. The molecule has 1 atom stereocenters. The smallest absolute Gasteiger partial charge is 0.189 e. The van der Waals surface area contributed by atoms with Crippen LogP contribution in [0.15, 0.2) is 24.3 Å². The lowest BCUT2D eigenvalue weighted by molar-refractivity contribution is 0.732. The minimum Gasteiger partial charge on any atom is -0.353 e. The first-order valence-corrected chi connectivity index (χ1v) is 7.97. The fraction of sp³-hybridized carbons (Fsp3) is 0.350. The highest BCUT2D eigenvalue weighted by Crippen LogP contribution is 2.46. The van der Waals surface area contributed by atoms with Crippen LogP contribution in [0.25, 0.3) is 4.85 Å². The molecule has 118 valence electrons. The number of hydrogen-bond acceptors (Lipinski definition) is 2. The molecule has 0 saturated heterocycles. The third-order valence-electron chi connectivity index (χ3n) is 5.38. The van der Waals surface area contributed by atoms with Gasteiger partial charge in [0.15, 0.2) is 5.69 Å². The summed E-state index contributed by atoms with van der Waals surface area (Å²) >= 11 is 0. The standard InChI is InChI=1S/C20H23N3/c1-12-10-19(15(4)14(3)13(12)2)23-16(5)22(7)18-9-8-17(21-6)11-20(18)23/h8-11,16H,1-5,7H3/t16-/m0/s1. The minimum absolute atomic E-state index is 0.228. The van der Waals surface area contributed by atoms with Gasteiger partial charge in [0.2, 0.25) is 0 Å². The lowest BCUT2D eigenvalue weighted by atomic mass is 9.97. The summed E-state index contributed by atoms with van der Waals surface area (Å²) in [6.45, 7) is 18.3. The highest BCUT2D eigenvalue weighted by Gasteiger charge is 2.32. The summed E-state index contributed by atoms with van der Waals surface area (Å²) in [5.41, 5.74) is 9.58. The summed E-state index contributed by atoms with van der Waals surface area (Å²) in [5, 5.41) is 0. The molecule has 0 spiro atoms. The third kappa shape index (κ3) is 2.17. The van der Waals surface area contributed by atoms with E-state index < -0.39 is 0 Å². The highest BCUT2D eigenvalue weighted by atomic mass is 15.4. The zero-order valence-electron chi connectivity index (χ0n) is 14.7. The summed E-state index contributed by atoms with van der Waals surface area (Å²) < 4.78 is 0. The van der Waals surface area contributed by atoms with Crippen LogP contribution in [-0.2, 0) is 0 Å². The quantitative estimate of drug-likeness (QED) is 0.653. The fourth-order valence-corrected chi connectivity index (χ4v) is 3.42. The number of fused-ring (bicyclic) bond motifs is 1. The molecular formula is C20H23N3. The molecule has 0 aromatic heterocycles. The van der Waals surface area contributed by atoms with Crippen molar-refractivity contribution in [3.8, 4) is 0 Å². The molecule has 0 amide bonds. The van der Waals surface area contributed by atoms with Crippen LogP contribution in [0, 0.1) is 34.3 Å². The van der Waals surface area contributed by atoms with Crippen LogP contribution in [0.3, 0.4) is 0 Å². The Morgan fingerprint density at radius 3 is 2.26 bits per heavy atom. The molecule has 0 bridgehead atoms. The maximum atomic E-state index is 7.31. The molecule has 2 aromatic rings. The van der Waals surface area contributed by atoms with Crippen molar-refractivity contribution in [1.29, 1.82) is 0 Å². The molecule has 3 rings (SSSR count). The van der Waals surface area contributed by atoms with Crippen LogP contribution >= 0.6 is 0 Å². The topological polar surface area (TPSA) is 10.8 Å². The van der Waals surface area contributed by atoms with Gasteiger partial charge in [-0.05, 0) is 75.1 Å². The van der Waals surface area contributed by atoms with Gasteiger partial charge in [-0.2, -0.15) is 0 Å². The van der Waals surface area contributed by atoms with Crippen molar-refractivity contribution in [2.45, 2.75) is 40.8 Å². The van der Waals surface area contributed by atoms with Gasteiger partial charge in [0.1, 0.15) is 6.17 Å². The first kappa shape index (κ1) is 15.4. The summed E-state index contributed by atoms with van der Waals surface area (Å²) in [5.74, 6) is 0. The fourth-order valence-electron chi connectivity index (χ4n) is 3.42. The van der Waals surface area contributed by atoms with Gasteiger partial charge in [-0.15, -0.1) is 0 Å². The van der Waals surface area contributed by atoms with E-state index in [0.717, 1.165) is 5.69 Å². The third-order valence-corrected chi connectivity index (χ3v) is 5.38. The lowest BCUT2D eigenvalue weighted by Crippen LogP contribution is -2.36. The van der Waals surface area contributed by atoms with Crippen molar-refractivity contribution in [2.24, 2.45) is 0 Å². The van der Waals surface area contributed by atoms with Crippen LogP contribution in [-0.4, -0.2) is 13.2 Å². The van der Waals surface area contributed by atoms with Crippen LogP contribution < -0.4 is 9.80 Å². The average Bonchev–Trinajstić information content (AvgIpc) is 2.80. The lowest BCUT2D eigenvalue weighted by Gasteiger charge is -2.30. The maximum Gasteiger partial charge on any atom is 0.189 e. The zero-order chi connectivity index (χ0) is 16.9. The minimum atomic E-state index is 0.228. The van der Waals surface area contributed by atoms with Crippen LogP contribution in [0.1, 0.15) is 29.2 Å². The molecule has 3 nitrogen and oxygen atoms in total. The molecule has 0 fully saturated rings. The van der Waals surface area contributed by atoms with Gasteiger partial charge in [0.25, 0.3) is 0 Å². The second kappa shape index (κ2) is 5.31. The Morgan fingerprint density at radius 2 is 1.61 bits per heavy atom. The average molecular weight is 305 g/mol. The summed E-state index contributed by atoms with van der Waals surface area (Å²) in [6.07, 6.45) is 0.228. The molecule has 1 aliphatic rings. The maximum absolute atomic E-state index is 7.31. The highest BCUT2D eigenvalue weighted by molar-refractivity contribution is 5.87. The summed E-state index contributed by atoms with van der Waals surface area (Å²) in [4.78, 5) is 8.23. The first-order valence-electron chi connectivity index (χ1n) is 7.97. The van der Waals surface area contributed by atoms with Gasteiger partial charge >= 0.3 is 0 Å². The summed E-state index contributed by atoms with van der Waals surface area (Å²) in [7, 11) is 2.12. The largest absolute Gasteiger partial charge is 0.353 e. The summed E-state index contributed by atoms with van der Waals surface area (Å²) in [6, 6.07) is 8.24. The molecule has 0 radical (unpaired) electrons. The van der Waals surface area contributed by atoms with Crippen molar-refractivity contribution in [2.75, 3.05) is 16.8 Å². The Morgan fingerprint density at radius 1 is 0.913 bits per heavy atom. The van der Waals surface area contributed by atoms with Gasteiger partial charge in [0.05, 0.1) is 17.9 Å². The Hall–Kier alpha value is -2.47. The Labute approximate surface area is 139 Å². The molecule has 2 aromatic carbocycles. The van der Waals surface area contributed by atoms with Gasteiger partial charge in [-0.25, -0.2) is 4.85 Å². The van der Waals surface area contributed by atoms with E-state index in [4.69, 9.17) is 6.57 Å². The van der Waals surface area contributed by atoms with Crippen molar-refractivity contribution in [3.63, 3.8) is 0 Å². The SMILES string of the molecule is [C-]#[N+]c1ccc2c(c1)N(c1cc(C)c(C)c(C)c1C)[C@@H](C)N2C. The van der Waals surface area contributed by atoms with Gasteiger partial charge in [-0.1, -0.05) is 6.07 Å². The van der Waals surface area contributed by atoms with Crippen molar-refractivity contribution >= 4 is 22.7 Å². The number of aryl methyl sites for hydroxylation is 1. The molecule has 23 heavy (non-hydrogen) atoms. The van der Waals surface area contributed by atoms with Crippen LogP contribution in [0.2, 0.25) is 0 Å². The predicted molar refractivity (Wildman–Crippen MR) is 98.1 cm³/mol. The number of benzene rings is 2. The monoisotopic (exact) mass is 305 g/mol. The Balaban J connectivity index is 2.25. The van der Waals surface area contributed by atoms with E-state index in [1.165, 1.54) is 33.6 Å². The Kier molecular flexibility index (Phi) is 3.56. The van der Waals surface area contributed by atoms with E-state index in [1.54, 1.807) is 0 Å². The normalized spacial score (nSPS) is 16.5. The van der Waals surface area contributed by atoms with E-state index in [-0.39, 0.29) is 6.17 Å². The second-order valence-corrected chi connectivity index (χ2v) is 6.49. The number of hydrogen-bond donors (Lipinski definition) is 0. The molecule has 0 saturated carbocycles. The number of rotatable bonds is 1. The molecule has 3 heteroatoms. The molecule has 1 aliphatic heterocycles. The Bertz CT molecular complexity index is 830. The van der Waals surface area contributed by atoms with Crippen LogP contribution in [0.5, 0.6) is 0 Å². The number of nitrogens with zero attached hydrogens (tertiary/aromatic N) is 3. The van der Waals surface area contributed by atoms with Crippen molar-refractivity contribution < 1.29 is 0 Å². The molecule has 0 N–H and O–H groups in total. The van der Waals surface area contributed by atoms with Crippen molar-refractivity contribution in [1.82, 2.24) is 0 Å². The van der Waals surface area contributed by atoms with Gasteiger partial charge < -0.3 is 9.80 Å². The van der Waals surface area contributed by atoms with Gasteiger partial charge in [0, 0.05) is 12.7 Å². The van der Waals surface area contributed by atoms with Crippen molar-refractivity contribution in [3.05, 3.63) is 57.9 Å². The van der Waals surface area contributed by atoms with E-state index in [2.05, 4.69) is 68.4 Å². The molecule has 0 unspecified atom stereocenters. The van der Waals surface area contributed by atoms with E-state index in [9.17, 15) is 0 Å². The van der Waals surface area contributed by atoms with Crippen LogP contribution in [0.4, 0.5) is 22.7 Å². The molecular weight excluding hydrogens is 282 g/mol. The van der Waals surface area contributed by atoms with E-state index >= 15 is 0 Å².